The van der Waals surface area contributed by atoms with Crippen molar-refractivity contribution in [3.8, 4) is 11.5 Å². The van der Waals surface area contributed by atoms with Crippen LogP contribution in [0.25, 0.3) is 0 Å². The first-order valence-corrected chi connectivity index (χ1v) is 11.8. The molecule has 0 saturated carbocycles. The van der Waals surface area contributed by atoms with Gasteiger partial charge in [0, 0.05) is 36.4 Å². The Balaban J connectivity index is 1.38. The van der Waals surface area contributed by atoms with Crippen LogP contribution in [0, 0.1) is 6.92 Å². The molecule has 1 aromatic heterocycles. The minimum atomic E-state index is -0.286. The molecule has 2 heterocycles. The number of amides is 3. The van der Waals surface area contributed by atoms with Crippen LogP contribution in [0.15, 0.2) is 42.5 Å². The maximum Gasteiger partial charge on any atom is 0.321 e. The third-order valence-corrected chi connectivity index (χ3v) is 6.72. The zero-order valence-electron chi connectivity index (χ0n) is 19.3. The number of anilines is 2. The summed E-state index contributed by atoms with van der Waals surface area (Å²) in [6.07, 6.45) is 1.73. The number of rotatable bonds is 6. The lowest BCUT2D eigenvalue weighted by Crippen LogP contribution is -2.41. The summed E-state index contributed by atoms with van der Waals surface area (Å²) in [6, 6.07) is 12.6. The largest absolute Gasteiger partial charge is 0.493 e. The molecule has 4 rings (SSSR count). The SMILES string of the molecule is COc1ccc(NC(=O)N2CCC[C@H](c3nnc(C(=O)Nc4ccc(C)cc4)s3)C2)cc1OC. The number of methoxy groups -OCH3 is 2. The number of ether oxygens (including phenoxy) is 2. The van der Waals surface area contributed by atoms with Gasteiger partial charge in [0.15, 0.2) is 11.5 Å². The van der Waals surface area contributed by atoms with Crippen LogP contribution in [0.3, 0.4) is 0 Å². The first-order valence-electron chi connectivity index (χ1n) is 11.0. The second-order valence-corrected chi connectivity index (χ2v) is 9.06. The number of hydrogen-bond acceptors (Lipinski definition) is 7. The zero-order valence-corrected chi connectivity index (χ0v) is 20.1. The van der Waals surface area contributed by atoms with Crippen molar-refractivity contribution in [2.75, 3.05) is 37.9 Å². The van der Waals surface area contributed by atoms with Crippen molar-refractivity contribution in [2.45, 2.75) is 25.7 Å². The molecule has 0 aliphatic carbocycles. The summed E-state index contributed by atoms with van der Waals surface area (Å²) in [4.78, 5) is 27.2. The lowest BCUT2D eigenvalue weighted by molar-refractivity contribution is 0.102. The highest BCUT2D eigenvalue weighted by atomic mass is 32.1. The summed E-state index contributed by atoms with van der Waals surface area (Å²) in [5.41, 5.74) is 2.45. The van der Waals surface area contributed by atoms with Crippen LogP contribution >= 0.6 is 11.3 Å². The highest BCUT2D eigenvalue weighted by Crippen LogP contribution is 2.32. The molecule has 10 heteroatoms. The third-order valence-electron chi connectivity index (χ3n) is 5.64. The Morgan fingerprint density at radius 2 is 1.74 bits per heavy atom. The number of piperidine rings is 1. The maximum absolute atomic E-state index is 12.9. The summed E-state index contributed by atoms with van der Waals surface area (Å²) in [5, 5.41) is 15.2. The van der Waals surface area contributed by atoms with E-state index in [1.807, 2.05) is 31.2 Å². The van der Waals surface area contributed by atoms with Gasteiger partial charge in [-0.3, -0.25) is 4.79 Å². The number of aryl methyl sites for hydroxylation is 1. The van der Waals surface area contributed by atoms with E-state index in [4.69, 9.17) is 9.47 Å². The Kier molecular flexibility index (Phi) is 7.27. The first-order chi connectivity index (χ1) is 16.5. The van der Waals surface area contributed by atoms with E-state index >= 15 is 0 Å². The summed E-state index contributed by atoms with van der Waals surface area (Å²) in [7, 11) is 3.12. The molecule has 1 fully saturated rings. The molecule has 178 valence electrons. The predicted molar refractivity (Wildman–Crippen MR) is 131 cm³/mol. The third kappa shape index (κ3) is 5.45. The number of benzene rings is 2. The second-order valence-electron chi connectivity index (χ2n) is 8.05. The average Bonchev–Trinajstić information content (AvgIpc) is 3.36. The van der Waals surface area contributed by atoms with Crippen LogP contribution in [0.1, 0.15) is 39.1 Å². The molecule has 0 radical (unpaired) electrons. The molecule has 0 spiro atoms. The Bertz CT molecular complexity index is 1160. The van der Waals surface area contributed by atoms with Crippen LogP contribution < -0.4 is 20.1 Å². The number of carbonyl (C=O) groups excluding carboxylic acids is 2. The first kappa shape index (κ1) is 23.5. The van der Waals surface area contributed by atoms with Gasteiger partial charge in [-0.2, -0.15) is 0 Å². The van der Waals surface area contributed by atoms with E-state index < -0.39 is 0 Å². The monoisotopic (exact) mass is 481 g/mol. The molecule has 2 N–H and O–H groups in total. The van der Waals surface area contributed by atoms with Crippen LogP contribution in [0.2, 0.25) is 0 Å². The Labute approximate surface area is 202 Å². The zero-order chi connectivity index (χ0) is 24.1. The summed E-state index contributed by atoms with van der Waals surface area (Å²) in [6.45, 7) is 3.15. The van der Waals surface area contributed by atoms with E-state index in [0.717, 1.165) is 23.4 Å². The van der Waals surface area contributed by atoms with Gasteiger partial charge in [-0.25, -0.2) is 4.79 Å². The van der Waals surface area contributed by atoms with Gasteiger partial charge in [0.25, 0.3) is 5.91 Å². The van der Waals surface area contributed by atoms with Crippen molar-refractivity contribution in [1.82, 2.24) is 15.1 Å². The molecule has 1 aliphatic rings. The standard InChI is InChI=1S/C24H27N5O4S/c1-15-6-8-17(9-7-15)25-21(30)23-28-27-22(34-23)16-5-4-12-29(14-16)24(31)26-18-10-11-19(32-2)20(13-18)33-3/h6-11,13,16H,4-5,12,14H2,1-3H3,(H,25,30)(H,26,31)/t16-/m0/s1. The minimum absolute atomic E-state index is 0.0309. The fourth-order valence-electron chi connectivity index (χ4n) is 3.79. The molecule has 1 atom stereocenters. The van der Waals surface area contributed by atoms with Crippen molar-refractivity contribution in [2.24, 2.45) is 0 Å². The van der Waals surface area contributed by atoms with Gasteiger partial charge >= 0.3 is 6.03 Å². The summed E-state index contributed by atoms with van der Waals surface area (Å²) < 4.78 is 10.6. The van der Waals surface area contributed by atoms with E-state index in [2.05, 4.69) is 20.8 Å². The van der Waals surface area contributed by atoms with Crippen molar-refractivity contribution in [3.63, 3.8) is 0 Å². The number of likely N-dealkylation sites (tertiary alicyclic amines) is 1. The van der Waals surface area contributed by atoms with Crippen molar-refractivity contribution >= 4 is 34.6 Å². The van der Waals surface area contributed by atoms with E-state index in [1.165, 1.54) is 11.3 Å². The van der Waals surface area contributed by atoms with E-state index in [1.54, 1.807) is 37.3 Å². The Hall–Kier alpha value is -3.66. The Morgan fingerprint density at radius 1 is 1.00 bits per heavy atom. The number of aromatic nitrogens is 2. The number of nitrogens with zero attached hydrogens (tertiary/aromatic N) is 3. The molecule has 1 saturated heterocycles. The smallest absolute Gasteiger partial charge is 0.321 e. The van der Waals surface area contributed by atoms with E-state index in [0.29, 0.717) is 41.0 Å². The number of hydrogen-bond donors (Lipinski definition) is 2. The topological polar surface area (TPSA) is 106 Å². The Morgan fingerprint density at radius 3 is 2.47 bits per heavy atom. The predicted octanol–water partition coefficient (Wildman–Crippen LogP) is 4.53. The molecular weight excluding hydrogens is 454 g/mol. The quantitative estimate of drug-likeness (QED) is 0.536. The van der Waals surface area contributed by atoms with Gasteiger partial charge in [0.2, 0.25) is 5.01 Å². The second kappa shape index (κ2) is 10.5. The molecule has 3 amide bonds. The maximum atomic E-state index is 12.9. The average molecular weight is 482 g/mol. The number of nitrogens with one attached hydrogen (secondary N) is 2. The summed E-state index contributed by atoms with van der Waals surface area (Å²) in [5.74, 6) is 0.883. The highest BCUT2D eigenvalue weighted by Gasteiger charge is 2.28. The van der Waals surface area contributed by atoms with Gasteiger partial charge in [0.1, 0.15) is 5.01 Å². The van der Waals surface area contributed by atoms with Crippen LogP contribution in [-0.2, 0) is 0 Å². The molecule has 34 heavy (non-hydrogen) atoms. The van der Waals surface area contributed by atoms with Gasteiger partial charge in [-0.1, -0.05) is 29.0 Å². The normalized spacial score (nSPS) is 15.5. The van der Waals surface area contributed by atoms with Crippen LogP contribution in [0.5, 0.6) is 11.5 Å². The van der Waals surface area contributed by atoms with Crippen LogP contribution in [0.4, 0.5) is 16.2 Å². The molecule has 3 aromatic rings. The van der Waals surface area contributed by atoms with Gasteiger partial charge in [-0.05, 0) is 44.0 Å². The van der Waals surface area contributed by atoms with Gasteiger partial charge < -0.3 is 25.0 Å². The van der Waals surface area contributed by atoms with E-state index in [9.17, 15) is 9.59 Å². The lowest BCUT2D eigenvalue weighted by atomic mass is 9.99. The number of urea groups is 1. The van der Waals surface area contributed by atoms with Crippen molar-refractivity contribution < 1.29 is 19.1 Å². The van der Waals surface area contributed by atoms with Crippen LogP contribution in [-0.4, -0.2) is 54.3 Å². The molecular formula is C24H27N5O4S. The van der Waals surface area contributed by atoms with Gasteiger partial charge in [-0.15, -0.1) is 10.2 Å². The van der Waals surface area contributed by atoms with Crippen molar-refractivity contribution in [3.05, 3.63) is 58.0 Å². The molecule has 0 bridgehead atoms. The summed E-state index contributed by atoms with van der Waals surface area (Å²) >= 11 is 1.27. The molecule has 2 aromatic carbocycles. The molecule has 9 nitrogen and oxygen atoms in total. The molecule has 1 aliphatic heterocycles. The highest BCUT2D eigenvalue weighted by molar-refractivity contribution is 7.13. The fraction of sp³-hybridized carbons (Fsp3) is 0.333. The lowest BCUT2D eigenvalue weighted by Gasteiger charge is -2.31. The molecule has 0 unspecified atom stereocenters. The fourth-order valence-corrected chi connectivity index (χ4v) is 4.66. The van der Waals surface area contributed by atoms with Gasteiger partial charge in [0.05, 0.1) is 14.2 Å². The van der Waals surface area contributed by atoms with Crippen molar-refractivity contribution in [1.29, 1.82) is 0 Å². The minimum Gasteiger partial charge on any atom is -0.493 e. The number of carbonyl (C=O) groups is 2. The van der Waals surface area contributed by atoms with E-state index in [-0.39, 0.29) is 17.9 Å².